The van der Waals surface area contributed by atoms with E-state index in [9.17, 15) is 4.39 Å². The Morgan fingerprint density at radius 2 is 1.83 bits per heavy atom. The van der Waals surface area contributed by atoms with E-state index in [0.29, 0.717) is 16.4 Å². The Hall–Kier alpha value is -3.22. The predicted molar refractivity (Wildman–Crippen MR) is 121 cm³/mol. The zero-order valence-electron chi connectivity index (χ0n) is 15.8. The van der Waals surface area contributed by atoms with Gasteiger partial charge >= 0.3 is 0 Å². The van der Waals surface area contributed by atoms with E-state index in [1.165, 1.54) is 17.4 Å². The van der Waals surface area contributed by atoms with Crippen LogP contribution in [0.1, 0.15) is 11.1 Å². The summed E-state index contributed by atoms with van der Waals surface area (Å²) in [5.41, 5.74) is 6.23. The summed E-state index contributed by atoms with van der Waals surface area (Å²) < 4.78 is 19.5. The molecule has 0 saturated carbocycles. The smallest absolute Gasteiger partial charge is 0.203 e. The quantitative estimate of drug-likeness (QED) is 0.261. The molecular formula is C23H17ClFN3OS. The summed E-state index contributed by atoms with van der Waals surface area (Å²) in [5, 5.41) is 7.02. The average Bonchev–Trinajstić information content (AvgIpc) is 3.25. The summed E-state index contributed by atoms with van der Waals surface area (Å²) in [6.07, 6.45) is 1.70. The second-order valence-electron chi connectivity index (χ2n) is 6.34. The molecule has 4 nitrogen and oxygen atoms in total. The van der Waals surface area contributed by atoms with Crippen LogP contribution < -0.4 is 10.2 Å². The molecule has 0 unspecified atom stereocenters. The summed E-state index contributed by atoms with van der Waals surface area (Å²) in [6, 6.07) is 22.2. The number of hydrogen-bond acceptors (Lipinski definition) is 5. The van der Waals surface area contributed by atoms with Gasteiger partial charge < -0.3 is 4.74 Å². The number of benzene rings is 3. The Labute approximate surface area is 182 Å². The molecule has 1 aromatic heterocycles. The minimum atomic E-state index is -0.452. The van der Waals surface area contributed by atoms with Crippen LogP contribution in [0.3, 0.4) is 0 Å². The van der Waals surface area contributed by atoms with Gasteiger partial charge in [-0.15, -0.1) is 11.3 Å². The number of anilines is 1. The van der Waals surface area contributed by atoms with Crippen molar-refractivity contribution in [2.24, 2.45) is 5.10 Å². The van der Waals surface area contributed by atoms with Gasteiger partial charge in [0.1, 0.15) is 18.2 Å². The highest BCUT2D eigenvalue weighted by Gasteiger charge is 2.07. The third-order valence-electron chi connectivity index (χ3n) is 4.25. The van der Waals surface area contributed by atoms with Crippen molar-refractivity contribution in [3.8, 4) is 17.0 Å². The maximum Gasteiger partial charge on any atom is 0.203 e. The lowest BCUT2D eigenvalue weighted by Gasteiger charge is -2.08. The molecule has 0 saturated heterocycles. The molecule has 3 aromatic carbocycles. The van der Waals surface area contributed by atoms with Crippen LogP contribution in [0.5, 0.6) is 5.75 Å². The third-order valence-corrected chi connectivity index (χ3v) is 5.29. The highest BCUT2D eigenvalue weighted by molar-refractivity contribution is 7.14. The van der Waals surface area contributed by atoms with Crippen LogP contribution in [-0.2, 0) is 6.61 Å². The van der Waals surface area contributed by atoms with Gasteiger partial charge in [-0.2, -0.15) is 5.10 Å². The van der Waals surface area contributed by atoms with E-state index in [1.54, 1.807) is 30.5 Å². The first-order chi connectivity index (χ1) is 14.7. The van der Waals surface area contributed by atoms with E-state index in [2.05, 4.69) is 15.5 Å². The molecule has 0 aliphatic heterocycles. The molecule has 150 valence electrons. The van der Waals surface area contributed by atoms with Gasteiger partial charge in [0.25, 0.3) is 0 Å². The second kappa shape index (κ2) is 9.52. The van der Waals surface area contributed by atoms with Gasteiger partial charge in [-0.05, 0) is 35.9 Å². The molecule has 4 aromatic rings. The predicted octanol–water partition coefficient (Wildman–Crippen LogP) is 6.63. The van der Waals surface area contributed by atoms with E-state index in [0.717, 1.165) is 16.8 Å². The summed E-state index contributed by atoms with van der Waals surface area (Å²) >= 11 is 7.28. The van der Waals surface area contributed by atoms with Gasteiger partial charge in [0.2, 0.25) is 5.13 Å². The largest absolute Gasteiger partial charge is 0.489 e. The number of halogens is 2. The maximum absolute atomic E-state index is 13.9. The van der Waals surface area contributed by atoms with E-state index in [1.807, 2.05) is 47.8 Å². The van der Waals surface area contributed by atoms with Crippen LogP contribution in [0, 0.1) is 5.82 Å². The fraction of sp³-hybridized carbons (Fsp3) is 0.0435. The molecule has 0 radical (unpaired) electrons. The highest BCUT2D eigenvalue weighted by Crippen LogP contribution is 2.24. The molecule has 0 aliphatic carbocycles. The highest BCUT2D eigenvalue weighted by atomic mass is 35.5. The standard InChI is InChI=1S/C23H17ClFN3OS/c24-20-8-4-7-18(22(20)25)14-29-19-11-9-16(10-12-19)13-26-28-23-27-21(15-30-23)17-5-2-1-3-6-17/h1-13,15H,14H2,(H,27,28). The molecule has 0 spiro atoms. The van der Waals surface area contributed by atoms with E-state index < -0.39 is 5.82 Å². The maximum atomic E-state index is 13.9. The van der Waals surface area contributed by atoms with Crippen molar-refractivity contribution in [3.05, 3.63) is 100 Å². The molecule has 1 N–H and O–H groups in total. The normalized spacial score (nSPS) is 11.0. The van der Waals surface area contributed by atoms with Gasteiger partial charge in [0.15, 0.2) is 0 Å². The van der Waals surface area contributed by atoms with Crippen molar-refractivity contribution < 1.29 is 9.13 Å². The summed E-state index contributed by atoms with van der Waals surface area (Å²) in [6.45, 7) is 0.106. The number of hydrazone groups is 1. The molecule has 1 heterocycles. The lowest BCUT2D eigenvalue weighted by Crippen LogP contribution is -1.99. The van der Waals surface area contributed by atoms with Crippen molar-refractivity contribution in [2.75, 3.05) is 5.43 Å². The van der Waals surface area contributed by atoms with Crippen molar-refractivity contribution in [2.45, 2.75) is 6.61 Å². The first-order valence-corrected chi connectivity index (χ1v) is 10.4. The minimum absolute atomic E-state index is 0.0891. The zero-order valence-corrected chi connectivity index (χ0v) is 17.3. The van der Waals surface area contributed by atoms with Crippen molar-refractivity contribution in [1.82, 2.24) is 4.98 Å². The van der Waals surface area contributed by atoms with Crippen molar-refractivity contribution in [3.63, 3.8) is 0 Å². The summed E-state index contributed by atoms with van der Waals surface area (Å²) in [7, 11) is 0. The van der Waals surface area contributed by atoms with Gasteiger partial charge in [-0.25, -0.2) is 9.37 Å². The zero-order chi connectivity index (χ0) is 20.8. The van der Waals surface area contributed by atoms with E-state index >= 15 is 0 Å². The first kappa shape index (κ1) is 20.1. The van der Waals surface area contributed by atoms with Gasteiger partial charge in [-0.1, -0.05) is 54.1 Å². The average molecular weight is 438 g/mol. The molecule has 0 atom stereocenters. The fourth-order valence-electron chi connectivity index (χ4n) is 2.70. The number of aromatic nitrogens is 1. The summed E-state index contributed by atoms with van der Waals surface area (Å²) in [4.78, 5) is 4.53. The Morgan fingerprint density at radius 1 is 1.03 bits per heavy atom. The Kier molecular flexibility index (Phi) is 6.37. The van der Waals surface area contributed by atoms with Crippen molar-refractivity contribution in [1.29, 1.82) is 0 Å². The molecule has 7 heteroatoms. The van der Waals surface area contributed by atoms with Crippen LogP contribution in [0.4, 0.5) is 9.52 Å². The minimum Gasteiger partial charge on any atom is -0.489 e. The Bertz CT molecular complexity index is 1150. The first-order valence-electron chi connectivity index (χ1n) is 9.15. The molecule has 0 amide bonds. The topological polar surface area (TPSA) is 46.5 Å². The Morgan fingerprint density at radius 3 is 2.63 bits per heavy atom. The van der Waals surface area contributed by atoms with Crippen LogP contribution in [0.15, 0.2) is 83.3 Å². The van der Waals surface area contributed by atoms with Crippen LogP contribution in [0.25, 0.3) is 11.3 Å². The number of ether oxygens (including phenoxy) is 1. The third kappa shape index (κ3) is 5.03. The molecule has 0 fully saturated rings. The molecule has 0 aliphatic rings. The van der Waals surface area contributed by atoms with Crippen LogP contribution in [-0.4, -0.2) is 11.2 Å². The van der Waals surface area contributed by atoms with Gasteiger partial charge in [0.05, 0.1) is 16.9 Å². The lowest BCUT2D eigenvalue weighted by molar-refractivity contribution is 0.300. The molecular weight excluding hydrogens is 421 g/mol. The van der Waals surface area contributed by atoms with Crippen molar-refractivity contribution >= 4 is 34.3 Å². The monoisotopic (exact) mass is 437 g/mol. The Balaban J connectivity index is 1.32. The number of thiazole rings is 1. The summed E-state index contributed by atoms with van der Waals surface area (Å²) in [5.74, 6) is 0.179. The fourth-order valence-corrected chi connectivity index (χ4v) is 3.56. The molecule has 30 heavy (non-hydrogen) atoms. The number of nitrogens with one attached hydrogen (secondary N) is 1. The van der Waals surface area contributed by atoms with Gasteiger partial charge in [-0.3, -0.25) is 5.43 Å². The molecule has 0 bridgehead atoms. The number of rotatable bonds is 7. The number of hydrogen-bond donors (Lipinski definition) is 1. The molecule has 4 rings (SSSR count). The second-order valence-corrected chi connectivity index (χ2v) is 7.61. The lowest BCUT2D eigenvalue weighted by atomic mass is 10.2. The van der Waals surface area contributed by atoms with E-state index in [-0.39, 0.29) is 11.6 Å². The van der Waals surface area contributed by atoms with Crippen LogP contribution >= 0.6 is 22.9 Å². The van der Waals surface area contributed by atoms with E-state index in [4.69, 9.17) is 16.3 Å². The van der Waals surface area contributed by atoms with Gasteiger partial charge in [0, 0.05) is 16.5 Å². The SMILES string of the molecule is Fc1c(Cl)cccc1COc1ccc(C=NNc2nc(-c3ccccc3)cs2)cc1. The van der Waals surface area contributed by atoms with Crippen LogP contribution in [0.2, 0.25) is 5.02 Å². The number of nitrogens with zero attached hydrogens (tertiary/aromatic N) is 2.